The Labute approximate surface area is 121 Å². The molecule has 0 aliphatic carbocycles. The summed E-state index contributed by atoms with van der Waals surface area (Å²) >= 11 is 1.57. The van der Waals surface area contributed by atoms with Crippen LogP contribution in [0.5, 0.6) is 5.75 Å². The molecule has 4 nitrogen and oxygen atoms in total. The summed E-state index contributed by atoms with van der Waals surface area (Å²) in [6.45, 7) is 4.74. The van der Waals surface area contributed by atoms with Gasteiger partial charge in [0.2, 0.25) is 0 Å². The first-order valence-electron chi connectivity index (χ1n) is 6.53. The summed E-state index contributed by atoms with van der Waals surface area (Å²) in [6.07, 6.45) is 0. The van der Waals surface area contributed by atoms with Crippen molar-refractivity contribution in [1.29, 1.82) is 0 Å². The highest BCUT2D eigenvalue weighted by Gasteiger charge is 2.24. The van der Waals surface area contributed by atoms with Gasteiger partial charge in [-0.05, 0) is 37.6 Å². The molecule has 2 heterocycles. The van der Waals surface area contributed by atoms with Gasteiger partial charge in [-0.3, -0.25) is 4.79 Å². The number of carbonyl (C=O) groups excluding carboxylic acids is 1. The Hall–Kier alpha value is -2.01. The summed E-state index contributed by atoms with van der Waals surface area (Å²) < 4.78 is 5.47. The van der Waals surface area contributed by atoms with Gasteiger partial charge in [-0.15, -0.1) is 11.3 Å². The van der Waals surface area contributed by atoms with Crippen LogP contribution in [0, 0.1) is 6.92 Å². The van der Waals surface area contributed by atoms with Gasteiger partial charge >= 0.3 is 0 Å². The van der Waals surface area contributed by atoms with E-state index in [0.717, 1.165) is 27.6 Å². The average Bonchev–Trinajstić information content (AvgIpc) is 2.77. The highest BCUT2D eigenvalue weighted by molar-refractivity contribution is 7.16. The van der Waals surface area contributed by atoms with Crippen LogP contribution < -0.4 is 15.4 Å². The number of nitrogens with two attached hydrogens (primary N) is 1. The zero-order valence-corrected chi connectivity index (χ0v) is 12.3. The molecule has 0 radical (unpaired) electrons. The van der Waals surface area contributed by atoms with Crippen LogP contribution in [0.25, 0.3) is 11.1 Å². The van der Waals surface area contributed by atoms with E-state index < -0.39 is 0 Å². The number of hydrogen-bond donors (Lipinski definition) is 1. The molecule has 1 aliphatic rings. The van der Waals surface area contributed by atoms with Crippen LogP contribution in [-0.4, -0.2) is 19.1 Å². The Bertz CT molecular complexity index is 679. The smallest absolute Gasteiger partial charge is 0.265 e. The van der Waals surface area contributed by atoms with Crippen molar-refractivity contribution < 1.29 is 9.53 Å². The van der Waals surface area contributed by atoms with Crippen LogP contribution in [0.15, 0.2) is 24.3 Å². The van der Waals surface area contributed by atoms with Gasteiger partial charge in [-0.1, -0.05) is 6.07 Å². The molecule has 20 heavy (non-hydrogen) atoms. The number of fused-ring (bicyclic) bond motifs is 1. The monoisotopic (exact) mass is 288 g/mol. The van der Waals surface area contributed by atoms with Crippen LogP contribution in [0.2, 0.25) is 0 Å². The summed E-state index contributed by atoms with van der Waals surface area (Å²) in [7, 11) is 0. The number of carbonyl (C=O) groups is 1. The first-order chi connectivity index (χ1) is 9.60. The standard InChI is InChI=1S/C15H16N2O2S/c1-3-17-12-7-10(11-6-9(2)20-15(11)16)4-5-13(12)19-8-14(17)18/h4-7H,3,8,16H2,1-2H3. The number of likely N-dealkylation sites (N-methyl/N-ethyl adjacent to an activating group) is 1. The van der Waals surface area contributed by atoms with Gasteiger partial charge in [-0.2, -0.15) is 0 Å². The van der Waals surface area contributed by atoms with Gasteiger partial charge in [0.15, 0.2) is 6.61 Å². The Morgan fingerprint density at radius 2 is 2.20 bits per heavy atom. The summed E-state index contributed by atoms with van der Waals surface area (Å²) in [5, 5.41) is 0.800. The molecule has 1 aliphatic heterocycles. The first kappa shape index (κ1) is 13.0. The molecule has 1 aromatic heterocycles. The van der Waals surface area contributed by atoms with E-state index in [9.17, 15) is 4.79 Å². The zero-order chi connectivity index (χ0) is 14.3. The molecule has 0 atom stereocenters. The Morgan fingerprint density at radius 1 is 1.40 bits per heavy atom. The van der Waals surface area contributed by atoms with Crippen LogP contribution >= 0.6 is 11.3 Å². The number of rotatable bonds is 2. The van der Waals surface area contributed by atoms with Crippen molar-refractivity contribution in [3.63, 3.8) is 0 Å². The van der Waals surface area contributed by atoms with E-state index in [2.05, 4.69) is 6.07 Å². The minimum Gasteiger partial charge on any atom is -0.482 e. The summed E-state index contributed by atoms with van der Waals surface area (Å²) in [5.41, 5.74) is 8.91. The minimum atomic E-state index is -0.00776. The van der Waals surface area contributed by atoms with E-state index >= 15 is 0 Å². The van der Waals surface area contributed by atoms with Gasteiger partial charge in [0.25, 0.3) is 5.91 Å². The third-order valence-electron chi connectivity index (χ3n) is 3.41. The third kappa shape index (κ3) is 2.04. The highest BCUT2D eigenvalue weighted by atomic mass is 32.1. The Balaban J connectivity index is 2.10. The van der Waals surface area contributed by atoms with Gasteiger partial charge in [0, 0.05) is 17.0 Å². The zero-order valence-electron chi connectivity index (χ0n) is 11.5. The number of hydrogen-bond acceptors (Lipinski definition) is 4. The number of aryl methyl sites for hydroxylation is 1. The number of anilines is 2. The molecule has 2 N–H and O–H groups in total. The number of nitrogen functional groups attached to an aromatic ring is 1. The van der Waals surface area contributed by atoms with Crippen LogP contribution in [0.1, 0.15) is 11.8 Å². The maximum absolute atomic E-state index is 11.9. The number of amides is 1. The second-order valence-electron chi connectivity index (χ2n) is 4.74. The molecule has 3 rings (SSSR count). The normalized spacial score (nSPS) is 14.1. The molecule has 0 spiro atoms. The molecule has 0 unspecified atom stereocenters. The van der Waals surface area contributed by atoms with Crippen molar-refractivity contribution in [3.05, 3.63) is 29.1 Å². The molecule has 2 aromatic rings. The van der Waals surface area contributed by atoms with Gasteiger partial charge in [0.1, 0.15) is 5.75 Å². The van der Waals surface area contributed by atoms with Crippen molar-refractivity contribution in [2.45, 2.75) is 13.8 Å². The van der Waals surface area contributed by atoms with Crippen molar-refractivity contribution in [3.8, 4) is 16.9 Å². The van der Waals surface area contributed by atoms with Crippen LogP contribution in [0.4, 0.5) is 10.7 Å². The Morgan fingerprint density at radius 3 is 2.85 bits per heavy atom. The van der Waals surface area contributed by atoms with Crippen molar-refractivity contribution in [2.24, 2.45) is 0 Å². The summed E-state index contributed by atoms with van der Waals surface area (Å²) in [6, 6.07) is 7.95. The lowest BCUT2D eigenvalue weighted by molar-refractivity contribution is -0.121. The number of ether oxygens (including phenoxy) is 1. The van der Waals surface area contributed by atoms with E-state index in [1.807, 2.05) is 32.0 Å². The molecule has 104 valence electrons. The van der Waals surface area contributed by atoms with Crippen molar-refractivity contribution in [1.82, 2.24) is 0 Å². The lowest BCUT2D eigenvalue weighted by atomic mass is 10.1. The second kappa shape index (κ2) is 4.83. The number of thiophene rings is 1. The van der Waals surface area contributed by atoms with Gasteiger partial charge < -0.3 is 15.4 Å². The minimum absolute atomic E-state index is 0.00776. The quantitative estimate of drug-likeness (QED) is 0.924. The second-order valence-corrected chi connectivity index (χ2v) is 6.03. The molecule has 5 heteroatoms. The molecular weight excluding hydrogens is 272 g/mol. The van der Waals surface area contributed by atoms with E-state index in [4.69, 9.17) is 10.5 Å². The van der Waals surface area contributed by atoms with Gasteiger partial charge in [0.05, 0.1) is 10.7 Å². The van der Waals surface area contributed by atoms with Gasteiger partial charge in [-0.25, -0.2) is 0 Å². The molecule has 0 bridgehead atoms. The SMILES string of the molecule is CCN1C(=O)COc2ccc(-c3cc(C)sc3N)cc21. The van der Waals surface area contributed by atoms with E-state index in [0.29, 0.717) is 6.54 Å². The lowest BCUT2D eigenvalue weighted by Crippen LogP contribution is -2.38. The number of benzene rings is 1. The Kier molecular flexibility index (Phi) is 3.14. The van der Waals surface area contributed by atoms with Crippen LogP contribution in [0.3, 0.4) is 0 Å². The largest absolute Gasteiger partial charge is 0.482 e. The predicted molar refractivity (Wildman–Crippen MR) is 82.4 cm³/mol. The van der Waals surface area contributed by atoms with Crippen molar-refractivity contribution >= 4 is 27.9 Å². The van der Waals surface area contributed by atoms with E-state index in [1.54, 1.807) is 16.2 Å². The number of nitrogens with zero attached hydrogens (tertiary/aromatic N) is 1. The summed E-state index contributed by atoms with van der Waals surface area (Å²) in [5.74, 6) is 0.743. The molecule has 1 aromatic carbocycles. The fraction of sp³-hybridized carbons (Fsp3) is 0.267. The highest BCUT2D eigenvalue weighted by Crippen LogP contribution is 2.39. The van der Waals surface area contributed by atoms with Crippen molar-refractivity contribution in [2.75, 3.05) is 23.8 Å². The summed E-state index contributed by atoms with van der Waals surface area (Å²) in [4.78, 5) is 14.8. The topological polar surface area (TPSA) is 55.6 Å². The molecule has 1 amide bonds. The van der Waals surface area contributed by atoms with E-state index in [-0.39, 0.29) is 12.5 Å². The molecule has 0 saturated carbocycles. The molecule has 0 fully saturated rings. The fourth-order valence-corrected chi connectivity index (χ4v) is 3.28. The van der Waals surface area contributed by atoms with E-state index in [1.165, 1.54) is 4.88 Å². The third-order valence-corrected chi connectivity index (χ3v) is 4.29. The molecular formula is C15H16N2O2S. The average molecular weight is 288 g/mol. The maximum atomic E-state index is 11.9. The molecule has 0 saturated heterocycles. The lowest BCUT2D eigenvalue weighted by Gasteiger charge is -2.28. The maximum Gasteiger partial charge on any atom is 0.265 e. The predicted octanol–water partition coefficient (Wildman–Crippen LogP) is 3.05. The first-order valence-corrected chi connectivity index (χ1v) is 7.35. The fourth-order valence-electron chi connectivity index (χ4n) is 2.47. The van der Waals surface area contributed by atoms with Crippen LogP contribution in [-0.2, 0) is 4.79 Å².